The average Bonchev–Trinajstić information content (AvgIpc) is 3.12. The summed E-state index contributed by atoms with van der Waals surface area (Å²) in [4.78, 5) is 24.9. The topological polar surface area (TPSA) is 102 Å². The van der Waals surface area contributed by atoms with Crippen LogP contribution in [0.3, 0.4) is 0 Å². The van der Waals surface area contributed by atoms with Gasteiger partial charge in [-0.15, -0.1) is 11.3 Å². The fraction of sp³-hybridized carbons (Fsp3) is 0.538. The molecular formula is C13H18N2O6S2. The molecule has 2 rings (SSSR count). The second-order valence-electron chi connectivity index (χ2n) is 5.14. The third-order valence-electron chi connectivity index (χ3n) is 3.63. The molecule has 0 spiro atoms. The number of ether oxygens (including phenoxy) is 2. The molecule has 0 saturated carbocycles. The summed E-state index contributed by atoms with van der Waals surface area (Å²) in [5.74, 6) is -1.10. The second kappa shape index (κ2) is 6.95. The van der Waals surface area contributed by atoms with Crippen LogP contribution in [0.5, 0.6) is 0 Å². The predicted molar refractivity (Wildman–Crippen MR) is 82.8 cm³/mol. The monoisotopic (exact) mass is 362 g/mol. The maximum Gasteiger partial charge on any atom is 0.349 e. The summed E-state index contributed by atoms with van der Waals surface area (Å²) < 4.78 is 36.8. The molecule has 2 atom stereocenters. The summed E-state index contributed by atoms with van der Waals surface area (Å²) in [5, 5.41) is 1.51. The predicted octanol–water partition coefficient (Wildman–Crippen LogP) is 0.0587. The highest BCUT2D eigenvalue weighted by molar-refractivity contribution is 7.89. The molecule has 1 aliphatic heterocycles. The number of hydrogen-bond acceptors (Lipinski definition) is 8. The van der Waals surface area contributed by atoms with E-state index < -0.39 is 34.0 Å². The number of rotatable bonds is 5. The van der Waals surface area contributed by atoms with Gasteiger partial charge in [-0.05, 0) is 24.9 Å². The van der Waals surface area contributed by atoms with Gasteiger partial charge >= 0.3 is 11.9 Å². The van der Waals surface area contributed by atoms with E-state index >= 15 is 0 Å². The Hall–Kier alpha value is -1.49. The molecule has 0 unspecified atom stereocenters. The van der Waals surface area contributed by atoms with Crippen molar-refractivity contribution in [1.29, 1.82) is 0 Å². The molecule has 0 radical (unpaired) electrons. The van der Waals surface area contributed by atoms with E-state index in [0.29, 0.717) is 13.0 Å². The van der Waals surface area contributed by atoms with Crippen LogP contribution < -0.4 is 4.72 Å². The Balaban J connectivity index is 2.16. The number of likely N-dealkylation sites (N-methyl/N-ethyl adjacent to an activating group) is 1. The van der Waals surface area contributed by atoms with E-state index in [1.54, 1.807) is 11.9 Å². The van der Waals surface area contributed by atoms with Crippen LogP contribution in [0.1, 0.15) is 16.1 Å². The number of thiophene rings is 1. The molecule has 0 aromatic carbocycles. The summed E-state index contributed by atoms with van der Waals surface area (Å²) in [6, 6.07) is 0.421. The van der Waals surface area contributed by atoms with Gasteiger partial charge < -0.3 is 9.47 Å². The highest BCUT2D eigenvalue weighted by Gasteiger charge is 2.38. The quantitative estimate of drug-likeness (QED) is 0.739. The van der Waals surface area contributed by atoms with E-state index in [1.165, 1.54) is 25.7 Å². The van der Waals surface area contributed by atoms with Gasteiger partial charge in [0.2, 0.25) is 10.0 Å². The molecule has 0 bridgehead atoms. The Morgan fingerprint density at radius 3 is 2.65 bits per heavy atom. The Labute approximate surface area is 138 Å². The zero-order valence-electron chi connectivity index (χ0n) is 12.9. The molecule has 1 aliphatic rings. The van der Waals surface area contributed by atoms with E-state index in [-0.39, 0.29) is 9.77 Å². The van der Waals surface area contributed by atoms with E-state index in [9.17, 15) is 18.0 Å². The van der Waals surface area contributed by atoms with Gasteiger partial charge in [0.25, 0.3) is 0 Å². The van der Waals surface area contributed by atoms with Crippen molar-refractivity contribution >= 4 is 33.3 Å². The highest BCUT2D eigenvalue weighted by atomic mass is 32.2. The number of likely N-dealkylation sites (tertiary alicyclic amines) is 1. The molecule has 23 heavy (non-hydrogen) atoms. The van der Waals surface area contributed by atoms with Crippen LogP contribution in [0.25, 0.3) is 0 Å². The molecular weight excluding hydrogens is 344 g/mol. The van der Waals surface area contributed by atoms with E-state index in [4.69, 9.17) is 4.74 Å². The summed E-state index contributed by atoms with van der Waals surface area (Å²) in [5.41, 5.74) is 0. The molecule has 0 aliphatic carbocycles. The van der Waals surface area contributed by atoms with Crippen LogP contribution in [0.2, 0.25) is 0 Å². The van der Waals surface area contributed by atoms with Crippen LogP contribution in [-0.2, 0) is 24.3 Å². The van der Waals surface area contributed by atoms with Crippen molar-refractivity contribution in [3.05, 3.63) is 16.3 Å². The van der Waals surface area contributed by atoms with Crippen molar-refractivity contribution in [1.82, 2.24) is 9.62 Å². The van der Waals surface area contributed by atoms with E-state index in [2.05, 4.69) is 9.46 Å². The van der Waals surface area contributed by atoms with Crippen molar-refractivity contribution in [2.24, 2.45) is 0 Å². The fourth-order valence-corrected chi connectivity index (χ4v) is 5.10. The number of nitrogens with one attached hydrogen (secondary N) is 1. The Kier molecular flexibility index (Phi) is 5.40. The fourth-order valence-electron chi connectivity index (χ4n) is 2.53. The zero-order valence-corrected chi connectivity index (χ0v) is 14.6. The number of carbonyl (C=O) groups excluding carboxylic acids is 2. The molecule has 1 aromatic rings. The minimum absolute atomic E-state index is 0.0240. The highest BCUT2D eigenvalue weighted by Crippen LogP contribution is 2.25. The molecule has 2 heterocycles. The van der Waals surface area contributed by atoms with Crippen LogP contribution in [0, 0.1) is 0 Å². The van der Waals surface area contributed by atoms with Crippen molar-refractivity contribution < 1.29 is 27.5 Å². The maximum atomic E-state index is 12.5. The van der Waals surface area contributed by atoms with Crippen molar-refractivity contribution in [3.63, 3.8) is 0 Å². The molecule has 1 aromatic heterocycles. The molecule has 10 heteroatoms. The number of nitrogens with zero attached hydrogens (tertiary/aromatic N) is 1. The molecule has 1 fully saturated rings. The van der Waals surface area contributed by atoms with Crippen LogP contribution in [0.15, 0.2) is 16.3 Å². The van der Waals surface area contributed by atoms with E-state index in [0.717, 1.165) is 11.3 Å². The van der Waals surface area contributed by atoms with Crippen LogP contribution in [-0.4, -0.2) is 65.2 Å². The lowest BCUT2D eigenvalue weighted by Crippen LogP contribution is -2.36. The molecule has 8 nitrogen and oxygen atoms in total. The lowest BCUT2D eigenvalue weighted by Gasteiger charge is -2.15. The van der Waals surface area contributed by atoms with Gasteiger partial charge in [-0.1, -0.05) is 0 Å². The summed E-state index contributed by atoms with van der Waals surface area (Å²) in [6.45, 7) is 0.372. The number of sulfonamides is 1. The second-order valence-corrected chi connectivity index (χ2v) is 7.74. The van der Waals surface area contributed by atoms with E-state index in [1.807, 2.05) is 0 Å². The maximum absolute atomic E-state index is 12.5. The van der Waals surface area contributed by atoms with Gasteiger partial charge in [0.15, 0.2) is 0 Å². The number of methoxy groups -OCH3 is 2. The first kappa shape index (κ1) is 17.9. The molecule has 128 valence electrons. The minimum Gasteiger partial charge on any atom is -0.468 e. The SMILES string of the molecule is COC(=O)c1sccc1S(=O)(=O)N[C@H]1C[C@@H](C(=O)OC)N(C)C1. The third-order valence-corrected chi connectivity index (χ3v) is 6.22. The Morgan fingerprint density at radius 2 is 2.04 bits per heavy atom. The molecule has 0 amide bonds. The first-order chi connectivity index (χ1) is 10.8. The average molecular weight is 362 g/mol. The number of esters is 2. The smallest absolute Gasteiger partial charge is 0.349 e. The first-order valence-electron chi connectivity index (χ1n) is 6.76. The number of carbonyl (C=O) groups is 2. The zero-order chi connectivity index (χ0) is 17.2. The Morgan fingerprint density at radius 1 is 1.35 bits per heavy atom. The van der Waals surface area contributed by atoms with Gasteiger partial charge in [-0.2, -0.15) is 0 Å². The van der Waals surface area contributed by atoms with Gasteiger partial charge in [-0.25, -0.2) is 17.9 Å². The first-order valence-corrected chi connectivity index (χ1v) is 9.12. The summed E-state index contributed by atoms with van der Waals surface area (Å²) in [7, 11) is 0.325. The van der Waals surface area contributed by atoms with Gasteiger partial charge in [0.1, 0.15) is 15.8 Å². The molecule has 1 N–H and O–H groups in total. The normalized spacial score (nSPS) is 22.0. The largest absolute Gasteiger partial charge is 0.468 e. The van der Waals surface area contributed by atoms with Gasteiger partial charge in [0, 0.05) is 12.6 Å². The summed E-state index contributed by atoms with van der Waals surface area (Å²) >= 11 is 0.998. The summed E-state index contributed by atoms with van der Waals surface area (Å²) in [6.07, 6.45) is 0.306. The van der Waals surface area contributed by atoms with Crippen molar-refractivity contribution in [2.45, 2.75) is 23.4 Å². The van der Waals surface area contributed by atoms with Crippen molar-refractivity contribution in [2.75, 3.05) is 27.8 Å². The minimum atomic E-state index is -3.88. The third kappa shape index (κ3) is 3.71. The number of hydrogen-bond donors (Lipinski definition) is 1. The standard InChI is InChI=1S/C13H18N2O6S2/c1-15-7-8(6-9(15)12(16)20-2)14-23(18,19)10-4-5-22-11(10)13(17)21-3/h4-5,8-9,14H,6-7H2,1-3H3/t8-,9-/m0/s1. The van der Waals surface area contributed by atoms with Gasteiger partial charge in [0.05, 0.1) is 14.2 Å². The van der Waals surface area contributed by atoms with Crippen LogP contribution in [0.4, 0.5) is 0 Å². The lowest BCUT2D eigenvalue weighted by molar-refractivity contribution is -0.145. The lowest BCUT2D eigenvalue weighted by atomic mass is 10.2. The molecule has 1 saturated heterocycles. The van der Waals surface area contributed by atoms with Gasteiger partial charge in [-0.3, -0.25) is 9.69 Å². The van der Waals surface area contributed by atoms with Crippen LogP contribution >= 0.6 is 11.3 Å². The Bertz CT molecular complexity index is 699. The van der Waals surface area contributed by atoms with Crippen molar-refractivity contribution in [3.8, 4) is 0 Å².